The van der Waals surface area contributed by atoms with Crippen molar-refractivity contribution in [3.8, 4) is 0 Å². The first-order chi connectivity index (χ1) is 7.67. The maximum Gasteiger partial charge on any atom is 0.169 e. The molecule has 0 amide bonds. The summed E-state index contributed by atoms with van der Waals surface area (Å²) in [5.41, 5.74) is 0.768. The molecule has 0 saturated heterocycles. The van der Waals surface area contributed by atoms with E-state index in [1.165, 1.54) is 24.7 Å². The van der Waals surface area contributed by atoms with Gasteiger partial charge in [-0.15, -0.1) is 0 Å². The number of hydrogen-bond acceptors (Lipinski definition) is 2. The maximum atomic E-state index is 12.9. The predicted molar refractivity (Wildman–Crippen MR) is 53.1 cm³/mol. The van der Waals surface area contributed by atoms with Gasteiger partial charge in [-0.25, -0.2) is 13.8 Å². The Labute approximate surface area is 90.3 Å². The molecule has 0 radical (unpaired) electrons. The number of benzene rings is 1. The molecule has 0 aliphatic heterocycles. The number of imidazole rings is 1. The van der Waals surface area contributed by atoms with Crippen LogP contribution in [0.25, 0.3) is 0 Å². The lowest BCUT2D eigenvalue weighted by molar-refractivity contribution is 0.111. The van der Waals surface area contributed by atoms with Crippen LogP contribution in [0.2, 0.25) is 0 Å². The highest BCUT2D eigenvalue weighted by Crippen LogP contribution is 2.09. The second-order valence-electron chi connectivity index (χ2n) is 3.37. The molecule has 5 heteroatoms. The van der Waals surface area contributed by atoms with Crippen molar-refractivity contribution in [2.75, 3.05) is 0 Å². The number of aldehydes is 1. The van der Waals surface area contributed by atoms with Crippen LogP contribution in [0.15, 0.2) is 30.7 Å². The Kier molecular flexibility index (Phi) is 2.76. The summed E-state index contributed by atoms with van der Waals surface area (Å²) in [5, 5.41) is 0. The van der Waals surface area contributed by atoms with E-state index >= 15 is 0 Å². The van der Waals surface area contributed by atoms with Crippen LogP contribution in [0.3, 0.4) is 0 Å². The van der Waals surface area contributed by atoms with E-state index in [4.69, 9.17) is 0 Å². The van der Waals surface area contributed by atoms with Crippen LogP contribution in [-0.4, -0.2) is 15.8 Å². The molecule has 0 N–H and O–H groups in total. The van der Waals surface area contributed by atoms with E-state index in [9.17, 15) is 13.6 Å². The fraction of sp³-hybridized carbons (Fsp3) is 0.0909. The molecular formula is C11H8F2N2O. The fourth-order valence-electron chi connectivity index (χ4n) is 1.44. The van der Waals surface area contributed by atoms with Crippen molar-refractivity contribution in [3.63, 3.8) is 0 Å². The van der Waals surface area contributed by atoms with Gasteiger partial charge in [0.05, 0.1) is 6.33 Å². The number of aromatic nitrogens is 2. The fourth-order valence-corrected chi connectivity index (χ4v) is 1.44. The third kappa shape index (κ3) is 2.31. The first-order valence-electron chi connectivity index (χ1n) is 4.59. The summed E-state index contributed by atoms with van der Waals surface area (Å²) in [6.45, 7) is 0.273. The van der Waals surface area contributed by atoms with E-state index in [2.05, 4.69) is 4.98 Å². The number of halogens is 2. The molecule has 0 spiro atoms. The van der Waals surface area contributed by atoms with Crippen molar-refractivity contribution in [2.24, 2.45) is 0 Å². The Hall–Kier alpha value is -2.04. The zero-order valence-corrected chi connectivity index (χ0v) is 8.23. The van der Waals surface area contributed by atoms with E-state index in [0.717, 1.165) is 6.07 Å². The molecule has 0 atom stereocenters. The van der Waals surface area contributed by atoms with Gasteiger partial charge in [-0.2, -0.15) is 0 Å². The second kappa shape index (κ2) is 4.22. The standard InChI is InChI=1S/C11H8F2N2O/c12-9-1-8(2-10(13)3-9)4-15-5-11(6-16)14-7-15/h1-3,5-7H,4H2. The number of rotatable bonds is 3. The maximum absolute atomic E-state index is 12.9. The minimum atomic E-state index is -0.620. The lowest BCUT2D eigenvalue weighted by atomic mass is 10.2. The van der Waals surface area contributed by atoms with Gasteiger partial charge in [0.25, 0.3) is 0 Å². The molecule has 0 aliphatic carbocycles. The van der Waals surface area contributed by atoms with E-state index in [1.807, 2.05) is 0 Å². The Morgan fingerprint density at radius 2 is 1.94 bits per heavy atom. The molecule has 0 bridgehead atoms. The van der Waals surface area contributed by atoms with Gasteiger partial charge in [0, 0.05) is 18.8 Å². The summed E-state index contributed by atoms with van der Waals surface area (Å²) in [4.78, 5) is 14.2. The van der Waals surface area contributed by atoms with Crippen LogP contribution >= 0.6 is 0 Å². The van der Waals surface area contributed by atoms with Gasteiger partial charge >= 0.3 is 0 Å². The topological polar surface area (TPSA) is 34.9 Å². The minimum Gasteiger partial charge on any atom is -0.332 e. The second-order valence-corrected chi connectivity index (χ2v) is 3.37. The molecule has 82 valence electrons. The van der Waals surface area contributed by atoms with Crippen LogP contribution in [0.1, 0.15) is 16.1 Å². The van der Waals surface area contributed by atoms with Crippen LogP contribution in [-0.2, 0) is 6.54 Å². The van der Waals surface area contributed by atoms with Gasteiger partial charge in [-0.1, -0.05) is 0 Å². The van der Waals surface area contributed by atoms with Gasteiger partial charge in [0.1, 0.15) is 17.3 Å². The lowest BCUT2D eigenvalue weighted by Gasteiger charge is -2.02. The van der Waals surface area contributed by atoms with Gasteiger partial charge < -0.3 is 4.57 Å². The van der Waals surface area contributed by atoms with Crippen molar-refractivity contribution in [1.29, 1.82) is 0 Å². The number of hydrogen-bond donors (Lipinski definition) is 0. The lowest BCUT2D eigenvalue weighted by Crippen LogP contribution is -1.98. The zero-order chi connectivity index (χ0) is 11.5. The molecule has 3 nitrogen and oxygen atoms in total. The SMILES string of the molecule is O=Cc1cn(Cc2cc(F)cc(F)c2)cn1. The minimum absolute atomic E-state index is 0.273. The van der Waals surface area contributed by atoms with Crippen molar-refractivity contribution < 1.29 is 13.6 Å². The van der Waals surface area contributed by atoms with E-state index in [1.54, 1.807) is 4.57 Å². The summed E-state index contributed by atoms with van der Waals surface area (Å²) in [6.07, 6.45) is 3.56. The highest BCUT2D eigenvalue weighted by atomic mass is 19.1. The van der Waals surface area contributed by atoms with E-state index in [0.29, 0.717) is 11.8 Å². The molecular weight excluding hydrogens is 214 g/mol. The molecule has 0 saturated carbocycles. The monoisotopic (exact) mass is 222 g/mol. The van der Waals surface area contributed by atoms with Crippen LogP contribution in [0, 0.1) is 11.6 Å². The molecule has 0 fully saturated rings. The van der Waals surface area contributed by atoms with Crippen molar-refractivity contribution in [3.05, 3.63) is 53.6 Å². The smallest absolute Gasteiger partial charge is 0.169 e. The summed E-state index contributed by atoms with van der Waals surface area (Å²) in [5.74, 6) is -1.24. The van der Waals surface area contributed by atoms with Crippen LogP contribution in [0.5, 0.6) is 0 Å². The van der Waals surface area contributed by atoms with Crippen molar-refractivity contribution in [2.45, 2.75) is 6.54 Å². The average molecular weight is 222 g/mol. The molecule has 16 heavy (non-hydrogen) atoms. The molecule has 0 unspecified atom stereocenters. The Morgan fingerprint density at radius 1 is 1.25 bits per heavy atom. The molecule has 1 aromatic carbocycles. The summed E-state index contributed by atoms with van der Waals surface area (Å²) >= 11 is 0. The Morgan fingerprint density at radius 3 is 2.50 bits per heavy atom. The largest absolute Gasteiger partial charge is 0.332 e. The number of carbonyl (C=O) groups is 1. The first-order valence-corrected chi connectivity index (χ1v) is 4.59. The molecule has 2 aromatic rings. The zero-order valence-electron chi connectivity index (χ0n) is 8.23. The van der Waals surface area contributed by atoms with Crippen molar-refractivity contribution in [1.82, 2.24) is 9.55 Å². The molecule has 0 aliphatic rings. The third-order valence-corrected chi connectivity index (χ3v) is 2.06. The van der Waals surface area contributed by atoms with E-state index < -0.39 is 11.6 Å². The van der Waals surface area contributed by atoms with Gasteiger partial charge in [0.2, 0.25) is 0 Å². The average Bonchev–Trinajstić information content (AvgIpc) is 2.64. The third-order valence-electron chi connectivity index (χ3n) is 2.06. The quantitative estimate of drug-likeness (QED) is 0.744. The van der Waals surface area contributed by atoms with Gasteiger partial charge in [-0.05, 0) is 17.7 Å². The Balaban J connectivity index is 2.22. The van der Waals surface area contributed by atoms with Gasteiger partial charge in [-0.3, -0.25) is 4.79 Å². The van der Waals surface area contributed by atoms with E-state index in [-0.39, 0.29) is 12.2 Å². The normalized spacial score (nSPS) is 10.4. The van der Waals surface area contributed by atoms with Crippen LogP contribution < -0.4 is 0 Å². The molecule has 2 rings (SSSR count). The van der Waals surface area contributed by atoms with Gasteiger partial charge in [0.15, 0.2) is 6.29 Å². The highest BCUT2D eigenvalue weighted by Gasteiger charge is 2.02. The first kappa shape index (κ1) is 10.5. The summed E-state index contributed by atoms with van der Waals surface area (Å²) < 4.78 is 27.3. The van der Waals surface area contributed by atoms with Crippen LogP contribution in [0.4, 0.5) is 8.78 Å². The summed E-state index contributed by atoms with van der Waals surface area (Å²) in [7, 11) is 0. The number of carbonyl (C=O) groups excluding carboxylic acids is 1. The molecule has 1 heterocycles. The highest BCUT2D eigenvalue weighted by molar-refractivity contribution is 5.70. The molecule has 1 aromatic heterocycles. The predicted octanol–water partition coefficient (Wildman–Crippen LogP) is 2.02. The number of nitrogens with zero attached hydrogens (tertiary/aromatic N) is 2. The Bertz CT molecular complexity index is 502. The summed E-state index contributed by atoms with van der Waals surface area (Å²) in [6, 6.07) is 3.29. The van der Waals surface area contributed by atoms with Crippen molar-refractivity contribution >= 4 is 6.29 Å².